The zero-order chi connectivity index (χ0) is 15.1. The summed E-state index contributed by atoms with van der Waals surface area (Å²) >= 11 is 6.34. The van der Waals surface area contributed by atoms with Gasteiger partial charge in [0.25, 0.3) is 11.7 Å². The van der Waals surface area contributed by atoms with Crippen LogP contribution in [0.3, 0.4) is 0 Å². The number of Topliss-reactive ketones (excluding diaryl/α,β-unsaturated/α-hetero) is 1. The molecule has 0 aromatic heterocycles. The van der Waals surface area contributed by atoms with Crippen LogP contribution in [0.5, 0.6) is 0 Å². The Morgan fingerprint density at radius 3 is 2.76 bits per heavy atom. The van der Waals surface area contributed by atoms with E-state index in [2.05, 4.69) is 17.1 Å². The molecule has 1 aliphatic carbocycles. The first-order chi connectivity index (χ1) is 9.97. The normalized spacial score (nSPS) is 24.7. The maximum atomic E-state index is 11.7. The largest absolute Gasteiger partial charge is 0.370 e. The summed E-state index contributed by atoms with van der Waals surface area (Å²) in [6, 6.07) is 3.88. The van der Waals surface area contributed by atoms with Gasteiger partial charge in [0.15, 0.2) is 0 Å². The minimum Gasteiger partial charge on any atom is -0.370 e. The van der Waals surface area contributed by atoms with E-state index < -0.39 is 11.7 Å². The van der Waals surface area contributed by atoms with E-state index in [0.29, 0.717) is 22.3 Å². The van der Waals surface area contributed by atoms with Gasteiger partial charge in [0.1, 0.15) is 0 Å². The van der Waals surface area contributed by atoms with Crippen molar-refractivity contribution in [2.24, 2.45) is 5.92 Å². The zero-order valence-electron chi connectivity index (χ0n) is 12.3. The average Bonchev–Trinajstić information content (AvgIpc) is 2.73. The van der Waals surface area contributed by atoms with Crippen molar-refractivity contribution in [3.63, 3.8) is 0 Å². The molecule has 0 saturated heterocycles. The molecule has 0 bridgehead atoms. The van der Waals surface area contributed by atoms with E-state index in [1.165, 1.54) is 12.8 Å². The summed E-state index contributed by atoms with van der Waals surface area (Å²) in [7, 11) is 2.04. The topological polar surface area (TPSA) is 49.4 Å². The van der Waals surface area contributed by atoms with Crippen molar-refractivity contribution < 1.29 is 9.59 Å². The summed E-state index contributed by atoms with van der Waals surface area (Å²) in [6.07, 6.45) is 4.82. The summed E-state index contributed by atoms with van der Waals surface area (Å²) in [6.45, 7) is 2.28. The van der Waals surface area contributed by atoms with Gasteiger partial charge in [0.2, 0.25) is 0 Å². The lowest BCUT2D eigenvalue weighted by Gasteiger charge is -2.36. The molecule has 21 heavy (non-hydrogen) atoms. The number of amides is 1. The number of halogens is 1. The molecule has 3 rings (SSSR count). The molecule has 1 heterocycles. The van der Waals surface area contributed by atoms with Crippen LogP contribution in [0.15, 0.2) is 12.1 Å². The van der Waals surface area contributed by atoms with Crippen LogP contribution < -0.4 is 10.2 Å². The molecule has 5 heteroatoms. The molecule has 1 fully saturated rings. The van der Waals surface area contributed by atoms with E-state index >= 15 is 0 Å². The second-order valence-electron chi connectivity index (χ2n) is 6.17. The number of fused-ring (bicyclic) bond motifs is 1. The first kappa shape index (κ1) is 14.4. The van der Waals surface area contributed by atoms with Crippen molar-refractivity contribution in [1.29, 1.82) is 0 Å². The number of benzene rings is 1. The van der Waals surface area contributed by atoms with Crippen molar-refractivity contribution in [3.05, 3.63) is 22.7 Å². The van der Waals surface area contributed by atoms with Crippen LogP contribution in [0.2, 0.25) is 5.02 Å². The molecule has 0 spiro atoms. The Kier molecular flexibility index (Phi) is 3.66. The lowest BCUT2D eigenvalue weighted by Crippen LogP contribution is -2.35. The fourth-order valence-electron chi connectivity index (χ4n) is 3.38. The zero-order valence-corrected chi connectivity index (χ0v) is 13.0. The molecule has 1 saturated carbocycles. The molecule has 1 N–H and O–H groups in total. The number of rotatable bonds is 2. The number of hydrogen-bond donors (Lipinski definition) is 1. The van der Waals surface area contributed by atoms with E-state index in [9.17, 15) is 9.59 Å². The Morgan fingerprint density at radius 2 is 2.05 bits per heavy atom. The van der Waals surface area contributed by atoms with Gasteiger partial charge in [-0.15, -0.1) is 0 Å². The molecule has 2 unspecified atom stereocenters. The quantitative estimate of drug-likeness (QED) is 0.851. The fraction of sp³-hybridized carbons (Fsp3) is 0.500. The molecular formula is C16H19ClN2O2. The van der Waals surface area contributed by atoms with Gasteiger partial charge >= 0.3 is 0 Å². The first-order valence-corrected chi connectivity index (χ1v) is 7.77. The van der Waals surface area contributed by atoms with E-state index in [-0.39, 0.29) is 0 Å². The number of ketones is 1. The Labute approximate surface area is 129 Å². The van der Waals surface area contributed by atoms with Crippen LogP contribution in [-0.4, -0.2) is 24.8 Å². The molecule has 2 atom stereocenters. The number of hydrogen-bond acceptors (Lipinski definition) is 3. The van der Waals surface area contributed by atoms with Gasteiger partial charge in [-0.25, -0.2) is 0 Å². The number of nitrogens with one attached hydrogen (secondary N) is 1. The van der Waals surface area contributed by atoms with E-state index in [4.69, 9.17) is 11.6 Å². The van der Waals surface area contributed by atoms with Crippen molar-refractivity contribution in [1.82, 2.24) is 0 Å². The average molecular weight is 307 g/mol. The highest BCUT2D eigenvalue weighted by Crippen LogP contribution is 2.37. The van der Waals surface area contributed by atoms with E-state index in [1.54, 1.807) is 6.07 Å². The van der Waals surface area contributed by atoms with Crippen LogP contribution in [-0.2, 0) is 4.79 Å². The highest BCUT2D eigenvalue weighted by atomic mass is 35.5. The van der Waals surface area contributed by atoms with Crippen LogP contribution in [0.4, 0.5) is 11.4 Å². The predicted molar refractivity (Wildman–Crippen MR) is 84.2 cm³/mol. The first-order valence-electron chi connectivity index (χ1n) is 7.39. The summed E-state index contributed by atoms with van der Waals surface area (Å²) in [5, 5.41) is 3.13. The van der Waals surface area contributed by atoms with Crippen LogP contribution >= 0.6 is 11.6 Å². The van der Waals surface area contributed by atoms with Gasteiger partial charge in [0.05, 0.1) is 22.0 Å². The SMILES string of the molecule is CC1CCCC(N(C)c2cc3c(cc2Cl)C(=O)C(=O)N3)C1. The minimum atomic E-state index is -0.577. The molecule has 2 aliphatic rings. The maximum absolute atomic E-state index is 11.7. The van der Waals surface area contributed by atoms with Crippen molar-refractivity contribution in [3.8, 4) is 0 Å². The number of carbonyl (C=O) groups is 2. The third kappa shape index (κ3) is 2.53. The maximum Gasteiger partial charge on any atom is 0.296 e. The van der Waals surface area contributed by atoms with Crippen LogP contribution in [0.1, 0.15) is 43.0 Å². The van der Waals surface area contributed by atoms with Crippen LogP contribution in [0, 0.1) is 5.92 Å². The molecule has 4 nitrogen and oxygen atoms in total. The number of anilines is 2. The smallest absolute Gasteiger partial charge is 0.296 e. The summed E-state index contributed by atoms with van der Waals surface area (Å²) in [5.41, 5.74) is 1.82. The molecule has 1 aromatic carbocycles. The standard InChI is InChI=1S/C16H19ClN2O2/c1-9-4-3-5-10(6-9)19(2)14-8-13-11(7-12(14)17)15(20)16(21)18-13/h7-10H,3-6H2,1-2H3,(H,18,20,21). The van der Waals surface area contributed by atoms with Gasteiger partial charge in [-0.3, -0.25) is 9.59 Å². The van der Waals surface area contributed by atoms with E-state index in [0.717, 1.165) is 24.4 Å². The summed E-state index contributed by atoms with van der Waals surface area (Å²) in [5.74, 6) is -0.361. The minimum absolute atomic E-state index is 0.374. The third-order valence-corrected chi connectivity index (χ3v) is 4.93. The van der Waals surface area contributed by atoms with Crippen molar-refractivity contribution in [2.75, 3.05) is 17.3 Å². The third-order valence-electron chi connectivity index (χ3n) is 4.62. The van der Waals surface area contributed by atoms with Gasteiger partial charge in [-0.2, -0.15) is 0 Å². The monoisotopic (exact) mass is 306 g/mol. The van der Waals surface area contributed by atoms with Gasteiger partial charge in [-0.1, -0.05) is 31.4 Å². The lowest BCUT2D eigenvalue weighted by atomic mass is 9.86. The summed E-state index contributed by atoms with van der Waals surface area (Å²) in [4.78, 5) is 25.3. The van der Waals surface area contributed by atoms with E-state index in [1.807, 2.05) is 13.1 Å². The second kappa shape index (κ2) is 5.34. The van der Waals surface area contributed by atoms with Crippen molar-refractivity contribution in [2.45, 2.75) is 38.6 Å². The number of nitrogens with zero attached hydrogens (tertiary/aromatic N) is 1. The molecule has 1 aliphatic heterocycles. The molecule has 112 valence electrons. The Balaban J connectivity index is 1.91. The Morgan fingerprint density at radius 1 is 1.29 bits per heavy atom. The van der Waals surface area contributed by atoms with Gasteiger partial charge < -0.3 is 10.2 Å². The number of carbonyl (C=O) groups excluding carboxylic acids is 2. The Bertz CT molecular complexity index is 615. The molecule has 1 aromatic rings. The highest BCUT2D eigenvalue weighted by Gasteiger charge is 2.31. The fourth-order valence-corrected chi connectivity index (χ4v) is 3.67. The summed E-state index contributed by atoms with van der Waals surface area (Å²) < 4.78 is 0. The molecule has 1 amide bonds. The van der Waals surface area contributed by atoms with Gasteiger partial charge in [-0.05, 0) is 30.9 Å². The molecule has 0 radical (unpaired) electrons. The second-order valence-corrected chi connectivity index (χ2v) is 6.58. The highest BCUT2D eigenvalue weighted by molar-refractivity contribution is 6.52. The Hall–Kier alpha value is -1.55. The van der Waals surface area contributed by atoms with Gasteiger partial charge in [0, 0.05) is 13.1 Å². The van der Waals surface area contributed by atoms with Crippen molar-refractivity contribution >= 4 is 34.7 Å². The van der Waals surface area contributed by atoms with Crippen LogP contribution in [0.25, 0.3) is 0 Å². The molecular weight excluding hydrogens is 288 g/mol. The predicted octanol–water partition coefficient (Wildman–Crippen LogP) is 3.49. The lowest BCUT2D eigenvalue weighted by molar-refractivity contribution is -0.112.